The summed E-state index contributed by atoms with van der Waals surface area (Å²) in [5, 5.41) is 0. The zero-order chi connectivity index (χ0) is 12.7. The average molecular weight is 252 g/mol. The standard InChI is InChI=1S/C13H13FO2S/c1-2-16-13(15)12-7-6-11(14)9-10(12)5-3-4-8-17/h6-7,9,17H,2,4,8H2,1H3. The molecule has 4 heteroatoms. The molecule has 0 spiro atoms. The molecule has 0 aliphatic carbocycles. The summed E-state index contributed by atoms with van der Waals surface area (Å²) in [7, 11) is 0. The molecule has 0 saturated carbocycles. The lowest BCUT2D eigenvalue weighted by Gasteiger charge is -2.04. The van der Waals surface area contributed by atoms with Crippen LogP contribution in [0.3, 0.4) is 0 Å². The number of halogens is 1. The van der Waals surface area contributed by atoms with Crippen LogP contribution in [0.4, 0.5) is 4.39 Å². The van der Waals surface area contributed by atoms with Crippen LogP contribution < -0.4 is 0 Å². The highest BCUT2D eigenvalue weighted by Gasteiger charge is 2.11. The summed E-state index contributed by atoms with van der Waals surface area (Å²) in [6.45, 7) is 1.99. The third-order valence-electron chi connectivity index (χ3n) is 1.94. The van der Waals surface area contributed by atoms with Crippen LogP contribution in [0.5, 0.6) is 0 Å². The normalized spacial score (nSPS) is 9.35. The van der Waals surface area contributed by atoms with E-state index >= 15 is 0 Å². The van der Waals surface area contributed by atoms with Crippen LogP contribution in [0.15, 0.2) is 18.2 Å². The molecule has 17 heavy (non-hydrogen) atoms. The van der Waals surface area contributed by atoms with Crippen molar-refractivity contribution in [2.75, 3.05) is 12.4 Å². The van der Waals surface area contributed by atoms with Crippen LogP contribution in [0.25, 0.3) is 0 Å². The zero-order valence-corrected chi connectivity index (χ0v) is 10.4. The molecule has 0 bridgehead atoms. The highest BCUT2D eigenvalue weighted by Crippen LogP contribution is 2.12. The first-order valence-corrected chi connectivity index (χ1v) is 5.88. The Bertz CT molecular complexity index is 460. The van der Waals surface area contributed by atoms with Crippen molar-refractivity contribution < 1.29 is 13.9 Å². The van der Waals surface area contributed by atoms with Gasteiger partial charge in [-0.15, -0.1) is 0 Å². The number of ether oxygens (including phenoxy) is 1. The molecule has 0 saturated heterocycles. The van der Waals surface area contributed by atoms with Crippen LogP contribution >= 0.6 is 12.6 Å². The van der Waals surface area contributed by atoms with E-state index in [0.29, 0.717) is 23.3 Å². The molecular weight excluding hydrogens is 239 g/mol. The summed E-state index contributed by atoms with van der Waals surface area (Å²) in [5.41, 5.74) is 0.644. The first-order valence-electron chi connectivity index (χ1n) is 5.25. The van der Waals surface area contributed by atoms with Gasteiger partial charge in [0.05, 0.1) is 12.2 Å². The van der Waals surface area contributed by atoms with Gasteiger partial charge in [-0.25, -0.2) is 9.18 Å². The molecule has 0 aromatic heterocycles. The Labute approximate surface area is 106 Å². The zero-order valence-electron chi connectivity index (χ0n) is 9.50. The van der Waals surface area contributed by atoms with Crippen LogP contribution in [0, 0.1) is 17.7 Å². The van der Waals surface area contributed by atoms with E-state index in [2.05, 4.69) is 24.5 Å². The van der Waals surface area contributed by atoms with Gasteiger partial charge in [0.15, 0.2) is 0 Å². The van der Waals surface area contributed by atoms with E-state index in [1.807, 2.05) is 0 Å². The maximum absolute atomic E-state index is 13.1. The van der Waals surface area contributed by atoms with Crippen LogP contribution in [-0.4, -0.2) is 18.3 Å². The molecule has 0 unspecified atom stereocenters. The van der Waals surface area contributed by atoms with E-state index in [1.165, 1.54) is 18.2 Å². The summed E-state index contributed by atoms with van der Waals surface area (Å²) in [6.07, 6.45) is 0.585. The Morgan fingerprint density at radius 2 is 2.29 bits per heavy atom. The third-order valence-corrected chi connectivity index (χ3v) is 2.16. The molecule has 1 aromatic rings. The molecule has 0 heterocycles. The molecule has 0 radical (unpaired) electrons. The van der Waals surface area contributed by atoms with Gasteiger partial charge in [0.1, 0.15) is 5.82 Å². The highest BCUT2D eigenvalue weighted by molar-refractivity contribution is 7.80. The van der Waals surface area contributed by atoms with Crippen molar-refractivity contribution in [3.05, 3.63) is 35.1 Å². The summed E-state index contributed by atoms with van der Waals surface area (Å²) >= 11 is 4.02. The van der Waals surface area contributed by atoms with Gasteiger partial charge in [-0.2, -0.15) is 12.6 Å². The van der Waals surface area contributed by atoms with Gasteiger partial charge < -0.3 is 4.74 Å². The summed E-state index contributed by atoms with van der Waals surface area (Å²) in [5.74, 6) is 5.29. The van der Waals surface area contributed by atoms with E-state index in [1.54, 1.807) is 6.92 Å². The molecule has 0 amide bonds. The number of rotatable bonds is 3. The Morgan fingerprint density at radius 3 is 2.94 bits per heavy atom. The number of carbonyl (C=O) groups is 1. The summed E-state index contributed by atoms with van der Waals surface area (Å²) in [6, 6.07) is 3.84. The molecule has 0 atom stereocenters. The van der Waals surface area contributed by atoms with E-state index < -0.39 is 11.8 Å². The van der Waals surface area contributed by atoms with E-state index in [-0.39, 0.29) is 6.61 Å². The topological polar surface area (TPSA) is 26.3 Å². The SMILES string of the molecule is CCOC(=O)c1ccc(F)cc1C#CCCS. The first-order chi connectivity index (χ1) is 8.19. The number of benzene rings is 1. The molecule has 1 rings (SSSR count). The lowest BCUT2D eigenvalue weighted by atomic mass is 10.1. The van der Waals surface area contributed by atoms with Gasteiger partial charge in [-0.3, -0.25) is 0 Å². The minimum atomic E-state index is -0.484. The molecule has 0 aliphatic rings. The lowest BCUT2D eigenvalue weighted by molar-refractivity contribution is 0.0526. The summed E-state index contributed by atoms with van der Waals surface area (Å²) < 4.78 is 17.9. The number of esters is 1. The number of hydrogen-bond donors (Lipinski definition) is 1. The predicted molar refractivity (Wildman–Crippen MR) is 67.7 cm³/mol. The van der Waals surface area contributed by atoms with Crippen molar-refractivity contribution in [3.63, 3.8) is 0 Å². The van der Waals surface area contributed by atoms with E-state index in [4.69, 9.17) is 4.74 Å². The number of hydrogen-bond acceptors (Lipinski definition) is 3. The molecular formula is C13H13FO2S. The fourth-order valence-electron chi connectivity index (χ4n) is 1.22. The van der Waals surface area contributed by atoms with Gasteiger partial charge in [-0.1, -0.05) is 11.8 Å². The smallest absolute Gasteiger partial charge is 0.339 e. The fourth-order valence-corrected chi connectivity index (χ4v) is 1.33. The van der Waals surface area contributed by atoms with Crippen LogP contribution in [0.1, 0.15) is 29.3 Å². The van der Waals surface area contributed by atoms with E-state index in [0.717, 1.165) is 0 Å². The van der Waals surface area contributed by atoms with Crippen LogP contribution in [-0.2, 0) is 4.74 Å². The molecule has 1 aromatic carbocycles. The summed E-state index contributed by atoms with van der Waals surface area (Å²) in [4.78, 5) is 11.6. The second-order valence-electron chi connectivity index (χ2n) is 3.19. The first kappa shape index (κ1) is 13.6. The molecule has 0 aliphatic heterocycles. The van der Waals surface area contributed by atoms with Crippen molar-refractivity contribution in [2.45, 2.75) is 13.3 Å². The average Bonchev–Trinajstić information content (AvgIpc) is 2.30. The Balaban J connectivity index is 3.04. The monoisotopic (exact) mass is 252 g/mol. The maximum atomic E-state index is 13.1. The highest BCUT2D eigenvalue weighted by atomic mass is 32.1. The quantitative estimate of drug-likeness (QED) is 0.508. The minimum Gasteiger partial charge on any atom is -0.462 e. The van der Waals surface area contributed by atoms with Crippen molar-refractivity contribution in [2.24, 2.45) is 0 Å². The molecule has 0 N–H and O–H groups in total. The predicted octanol–water partition coefficient (Wildman–Crippen LogP) is 2.67. The number of carbonyl (C=O) groups excluding carboxylic acids is 1. The third kappa shape index (κ3) is 4.12. The van der Waals surface area contributed by atoms with Gasteiger partial charge in [0, 0.05) is 17.7 Å². The fraction of sp³-hybridized carbons (Fsp3) is 0.308. The Hall–Kier alpha value is -1.47. The molecule has 90 valence electrons. The Morgan fingerprint density at radius 1 is 1.53 bits per heavy atom. The van der Waals surface area contributed by atoms with Gasteiger partial charge in [-0.05, 0) is 25.1 Å². The van der Waals surface area contributed by atoms with Crippen molar-refractivity contribution in [3.8, 4) is 11.8 Å². The van der Waals surface area contributed by atoms with E-state index in [9.17, 15) is 9.18 Å². The Kier molecular flexibility index (Phi) is 5.58. The lowest BCUT2D eigenvalue weighted by Crippen LogP contribution is -2.07. The van der Waals surface area contributed by atoms with Crippen molar-refractivity contribution in [1.82, 2.24) is 0 Å². The number of thiol groups is 1. The largest absolute Gasteiger partial charge is 0.462 e. The molecule has 0 fully saturated rings. The van der Waals surface area contributed by atoms with Gasteiger partial charge >= 0.3 is 5.97 Å². The van der Waals surface area contributed by atoms with Gasteiger partial charge in [0.25, 0.3) is 0 Å². The second-order valence-corrected chi connectivity index (χ2v) is 3.63. The second kappa shape index (κ2) is 6.97. The maximum Gasteiger partial charge on any atom is 0.339 e. The van der Waals surface area contributed by atoms with Crippen LogP contribution in [0.2, 0.25) is 0 Å². The van der Waals surface area contributed by atoms with Crippen molar-refractivity contribution in [1.29, 1.82) is 0 Å². The van der Waals surface area contributed by atoms with Gasteiger partial charge in [0.2, 0.25) is 0 Å². The molecule has 2 nitrogen and oxygen atoms in total. The minimum absolute atomic E-state index is 0.277. The van der Waals surface area contributed by atoms with Crippen molar-refractivity contribution >= 4 is 18.6 Å².